The molecule has 0 fully saturated rings. The van der Waals surface area contributed by atoms with E-state index in [1.807, 2.05) is 0 Å². The fourth-order valence-corrected chi connectivity index (χ4v) is 1.86. The zero-order chi connectivity index (χ0) is 7.97. The molecule has 1 heteroatoms. The Morgan fingerprint density at radius 3 is 1.85 bits per heavy atom. The van der Waals surface area contributed by atoms with Crippen LogP contribution in [0.25, 0.3) is 22.9 Å². The minimum absolute atomic E-state index is 0. The standard InChI is InChI=1S/C12H8.Na.H/c1-3-9-4-2-6-11-8-7-10(5-1)12(9)11;;/h1-8H;;/q;+1;-1. The van der Waals surface area contributed by atoms with Crippen LogP contribution in [0.4, 0.5) is 0 Å². The predicted octanol–water partition coefficient (Wildman–Crippen LogP) is 0.440. The predicted molar refractivity (Wildman–Crippen MR) is 54.0 cm³/mol. The van der Waals surface area contributed by atoms with Gasteiger partial charge in [-0.3, -0.25) is 0 Å². The van der Waals surface area contributed by atoms with E-state index < -0.39 is 0 Å². The van der Waals surface area contributed by atoms with Crippen molar-refractivity contribution in [1.29, 1.82) is 0 Å². The molecule has 0 unspecified atom stereocenters. The monoisotopic (exact) mass is 176 g/mol. The van der Waals surface area contributed by atoms with E-state index in [4.69, 9.17) is 0 Å². The molecule has 1 aliphatic rings. The third-order valence-electron chi connectivity index (χ3n) is 2.41. The summed E-state index contributed by atoms with van der Waals surface area (Å²) in [5.41, 5.74) is 2.70. The van der Waals surface area contributed by atoms with Crippen molar-refractivity contribution in [2.24, 2.45) is 0 Å². The van der Waals surface area contributed by atoms with Gasteiger partial charge in [-0.25, -0.2) is 0 Å². The molecule has 0 nitrogen and oxygen atoms in total. The first-order valence-corrected chi connectivity index (χ1v) is 4.15. The molecule has 3 rings (SSSR count). The minimum Gasteiger partial charge on any atom is -1.00 e. The van der Waals surface area contributed by atoms with Gasteiger partial charge in [-0.05, 0) is 21.9 Å². The molecule has 0 saturated heterocycles. The summed E-state index contributed by atoms with van der Waals surface area (Å²) in [7, 11) is 0. The van der Waals surface area contributed by atoms with Crippen molar-refractivity contribution in [3.8, 4) is 0 Å². The summed E-state index contributed by atoms with van der Waals surface area (Å²) in [6.07, 6.45) is 4.36. The second-order valence-corrected chi connectivity index (χ2v) is 3.13. The molecule has 0 aliphatic heterocycles. The molecule has 0 bridgehead atoms. The second-order valence-electron chi connectivity index (χ2n) is 3.13. The van der Waals surface area contributed by atoms with Crippen LogP contribution in [0.15, 0.2) is 36.4 Å². The van der Waals surface area contributed by atoms with Crippen molar-refractivity contribution in [3.63, 3.8) is 0 Å². The molecule has 1 aliphatic carbocycles. The van der Waals surface area contributed by atoms with Gasteiger partial charge in [-0.2, -0.15) is 0 Å². The molecular formula is C12H9Na. The maximum atomic E-state index is 2.18. The van der Waals surface area contributed by atoms with Gasteiger partial charge in [-0.1, -0.05) is 48.6 Å². The molecule has 0 heterocycles. The van der Waals surface area contributed by atoms with Crippen LogP contribution in [-0.4, -0.2) is 0 Å². The molecule has 0 radical (unpaired) electrons. The first-order chi connectivity index (χ1) is 5.95. The van der Waals surface area contributed by atoms with E-state index in [-0.39, 0.29) is 31.0 Å². The van der Waals surface area contributed by atoms with Crippen LogP contribution < -0.4 is 29.6 Å². The van der Waals surface area contributed by atoms with E-state index in [9.17, 15) is 0 Å². The molecule has 2 aromatic rings. The van der Waals surface area contributed by atoms with Gasteiger partial charge in [0.15, 0.2) is 0 Å². The van der Waals surface area contributed by atoms with Gasteiger partial charge >= 0.3 is 29.6 Å². The van der Waals surface area contributed by atoms with E-state index >= 15 is 0 Å². The van der Waals surface area contributed by atoms with Crippen molar-refractivity contribution in [2.45, 2.75) is 0 Å². The first-order valence-electron chi connectivity index (χ1n) is 4.15. The first kappa shape index (κ1) is 9.01. The van der Waals surface area contributed by atoms with Crippen molar-refractivity contribution in [3.05, 3.63) is 47.5 Å². The summed E-state index contributed by atoms with van der Waals surface area (Å²) in [6, 6.07) is 12.9. The third-order valence-corrected chi connectivity index (χ3v) is 2.41. The van der Waals surface area contributed by atoms with Crippen LogP contribution in [-0.2, 0) is 0 Å². The zero-order valence-electron chi connectivity index (χ0n) is 8.62. The van der Waals surface area contributed by atoms with E-state index in [1.54, 1.807) is 0 Å². The number of benzene rings is 2. The molecule has 0 saturated carbocycles. The maximum Gasteiger partial charge on any atom is 1.00 e. The summed E-state index contributed by atoms with van der Waals surface area (Å²) < 4.78 is 0. The topological polar surface area (TPSA) is 0 Å². The molecule has 0 atom stereocenters. The quantitative estimate of drug-likeness (QED) is 0.436. The summed E-state index contributed by atoms with van der Waals surface area (Å²) >= 11 is 0. The van der Waals surface area contributed by atoms with Gasteiger partial charge in [0.05, 0.1) is 0 Å². The molecule has 0 N–H and O–H groups in total. The second kappa shape index (κ2) is 3.30. The van der Waals surface area contributed by atoms with Crippen molar-refractivity contribution in [2.75, 3.05) is 0 Å². The summed E-state index contributed by atoms with van der Waals surface area (Å²) in [5, 5.41) is 2.75. The fourth-order valence-electron chi connectivity index (χ4n) is 1.86. The zero-order valence-corrected chi connectivity index (χ0v) is 9.62. The maximum absolute atomic E-state index is 2.18. The summed E-state index contributed by atoms with van der Waals surface area (Å²) in [4.78, 5) is 0. The Labute approximate surface area is 101 Å². The van der Waals surface area contributed by atoms with Crippen LogP contribution in [0, 0.1) is 0 Å². The molecule has 0 aromatic heterocycles. The van der Waals surface area contributed by atoms with Gasteiger partial charge in [0, 0.05) is 0 Å². The fraction of sp³-hybridized carbons (Fsp3) is 0. The number of rotatable bonds is 0. The van der Waals surface area contributed by atoms with Crippen LogP contribution in [0.5, 0.6) is 0 Å². The Morgan fingerprint density at radius 1 is 0.769 bits per heavy atom. The Morgan fingerprint density at radius 2 is 1.31 bits per heavy atom. The third kappa shape index (κ3) is 1.26. The molecule has 13 heavy (non-hydrogen) atoms. The van der Waals surface area contributed by atoms with E-state index in [2.05, 4.69) is 48.6 Å². The summed E-state index contributed by atoms with van der Waals surface area (Å²) in [5.74, 6) is 0. The molecule has 0 spiro atoms. The van der Waals surface area contributed by atoms with Gasteiger partial charge in [0.25, 0.3) is 0 Å². The van der Waals surface area contributed by atoms with Crippen LogP contribution in [0.3, 0.4) is 0 Å². The molecule has 2 aromatic carbocycles. The minimum atomic E-state index is 0. The molecule has 58 valence electrons. The summed E-state index contributed by atoms with van der Waals surface area (Å²) in [6.45, 7) is 0. The molecule has 0 amide bonds. The largest absolute Gasteiger partial charge is 1.00 e. The number of hydrogen-bond acceptors (Lipinski definition) is 0. The van der Waals surface area contributed by atoms with Crippen molar-refractivity contribution in [1.82, 2.24) is 0 Å². The SMILES string of the molecule is C1=Cc2cccc3cccc1c23.[H-].[Na+]. The Bertz CT molecular complexity index is 448. The van der Waals surface area contributed by atoms with Gasteiger partial charge in [-0.15, -0.1) is 0 Å². The average molecular weight is 176 g/mol. The van der Waals surface area contributed by atoms with Crippen LogP contribution in [0.2, 0.25) is 0 Å². The van der Waals surface area contributed by atoms with E-state index in [1.165, 1.54) is 21.9 Å². The van der Waals surface area contributed by atoms with Gasteiger partial charge in [0.2, 0.25) is 0 Å². The van der Waals surface area contributed by atoms with Crippen LogP contribution >= 0.6 is 0 Å². The van der Waals surface area contributed by atoms with E-state index in [0.29, 0.717) is 0 Å². The average Bonchev–Trinajstić information content (AvgIpc) is 2.52. The Kier molecular flexibility index (Phi) is 2.29. The van der Waals surface area contributed by atoms with Gasteiger partial charge < -0.3 is 1.43 Å². The van der Waals surface area contributed by atoms with Crippen LogP contribution in [0.1, 0.15) is 12.6 Å². The van der Waals surface area contributed by atoms with Crippen molar-refractivity contribution < 1.29 is 31.0 Å². The number of hydrogen-bond donors (Lipinski definition) is 0. The Hall–Kier alpha value is -0.560. The Balaban J connectivity index is 0.000000490. The van der Waals surface area contributed by atoms with E-state index in [0.717, 1.165) is 0 Å². The van der Waals surface area contributed by atoms with Gasteiger partial charge in [0.1, 0.15) is 0 Å². The molecular weight excluding hydrogens is 167 g/mol. The normalized spacial score (nSPS) is 11.7. The smallest absolute Gasteiger partial charge is 1.00 e. The van der Waals surface area contributed by atoms with Crippen molar-refractivity contribution >= 4 is 22.9 Å².